The second-order valence-electron chi connectivity index (χ2n) is 4.59. The molecule has 2 unspecified atom stereocenters. The molecule has 0 radical (unpaired) electrons. The molecule has 2 aliphatic rings. The van der Waals surface area contributed by atoms with Crippen LogP contribution in [0.25, 0.3) is 12.2 Å². The van der Waals surface area contributed by atoms with Crippen molar-refractivity contribution in [3.05, 3.63) is 58.1 Å². The Balaban J connectivity index is 2.26. The maximum absolute atomic E-state index is 6.07. The lowest BCUT2D eigenvalue weighted by molar-refractivity contribution is 0.640. The van der Waals surface area contributed by atoms with E-state index in [1.807, 2.05) is 6.08 Å². The topological polar surface area (TPSA) is 26.0 Å². The first-order chi connectivity index (χ1) is 7.75. The number of benzene rings is 1. The Labute approximate surface area is 95.3 Å². The van der Waals surface area contributed by atoms with Gasteiger partial charge in [0.15, 0.2) is 0 Å². The molecule has 1 heteroatoms. The van der Waals surface area contributed by atoms with Gasteiger partial charge in [0, 0.05) is 17.5 Å². The largest absolute Gasteiger partial charge is 0.402 e. The fourth-order valence-corrected chi connectivity index (χ4v) is 2.58. The first-order valence-corrected chi connectivity index (χ1v) is 5.68. The maximum Gasteiger partial charge on any atom is 0.0274 e. The molecular weight excluding hydrogens is 194 g/mol. The zero-order chi connectivity index (χ0) is 11.1. The van der Waals surface area contributed by atoms with Crippen molar-refractivity contribution in [2.24, 2.45) is 17.6 Å². The van der Waals surface area contributed by atoms with Crippen LogP contribution in [0.4, 0.5) is 0 Å². The summed E-state index contributed by atoms with van der Waals surface area (Å²) < 4.78 is 0. The first kappa shape index (κ1) is 9.46. The van der Waals surface area contributed by atoms with Crippen molar-refractivity contribution in [1.82, 2.24) is 0 Å². The van der Waals surface area contributed by atoms with E-state index in [2.05, 4.69) is 49.4 Å². The molecule has 0 amide bonds. The van der Waals surface area contributed by atoms with Crippen LogP contribution in [0.1, 0.15) is 6.92 Å². The summed E-state index contributed by atoms with van der Waals surface area (Å²) in [6, 6.07) is 8.49. The van der Waals surface area contributed by atoms with Crippen LogP contribution in [0.5, 0.6) is 0 Å². The highest BCUT2D eigenvalue weighted by atomic mass is 14.6. The molecule has 0 saturated heterocycles. The van der Waals surface area contributed by atoms with Gasteiger partial charge in [0.05, 0.1) is 0 Å². The minimum Gasteiger partial charge on any atom is -0.402 e. The number of nitrogens with two attached hydrogens (primary N) is 1. The van der Waals surface area contributed by atoms with E-state index in [9.17, 15) is 0 Å². The van der Waals surface area contributed by atoms with E-state index in [4.69, 9.17) is 5.73 Å². The Morgan fingerprint density at radius 2 is 1.56 bits per heavy atom. The summed E-state index contributed by atoms with van der Waals surface area (Å²) in [5.41, 5.74) is 8.44. The van der Waals surface area contributed by atoms with Crippen LogP contribution in [0.2, 0.25) is 0 Å². The summed E-state index contributed by atoms with van der Waals surface area (Å²) in [7, 11) is 0. The molecule has 1 aromatic rings. The van der Waals surface area contributed by atoms with Gasteiger partial charge in [0.1, 0.15) is 0 Å². The van der Waals surface area contributed by atoms with Gasteiger partial charge in [-0.25, -0.2) is 0 Å². The second-order valence-corrected chi connectivity index (χ2v) is 4.59. The summed E-state index contributed by atoms with van der Waals surface area (Å²) in [6.45, 7) is 2.18. The Morgan fingerprint density at radius 1 is 0.938 bits per heavy atom. The number of hydrogen-bond donors (Lipinski definition) is 1. The van der Waals surface area contributed by atoms with Crippen molar-refractivity contribution in [2.75, 3.05) is 0 Å². The quantitative estimate of drug-likeness (QED) is 0.684. The van der Waals surface area contributed by atoms with Crippen LogP contribution < -0.4 is 16.2 Å². The molecule has 3 rings (SSSR count). The van der Waals surface area contributed by atoms with E-state index >= 15 is 0 Å². The third-order valence-corrected chi connectivity index (χ3v) is 3.55. The SMILES string of the molecule is CC1=CC=C(N)C2C=c3ccccc3=CC12. The number of allylic oxidation sites excluding steroid dienone is 4. The lowest BCUT2D eigenvalue weighted by Crippen LogP contribution is -2.35. The monoisotopic (exact) mass is 209 g/mol. The van der Waals surface area contributed by atoms with Crippen molar-refractivity contribution < 1.29 is 0 Å². The molecule has 0 saturated carbocycles. The molecule has 1 aromatic carbocycles. The van der Waals surface area contributed by atoms with Gasteiger partial charge in [-0.15, -0.1) is 0 Å². The molecule has 0 aromatic heterocycles. The van der Waals surface area contributed by atoms with E-state index in [0.717, 1.165) is 5.70 Å². The third kappa shape index (κ3) is 1.32. The van der Waals surface area contributed by atoms with E-state index < -0.39 is 0 Å². The normalized spacial score (nSPS) is 26.6. The third-order valence-electron chi connectivity index (χ3n) is 3.55. The summed E-state index contributed by atoms with van der Waals surface area (Å²) >= 11 is 0. The molecule has 0 spiro atoms. The van der Waals surface area contributed by atoms with E-state index in [-0.39, 0.29) is 0 Å². The lowest BCUT2D eigenvalue weighted by Gasteiger charge is -2.28. The van der Waals surface area contributed by atoms with Gasteiger partial charge in [-0.05, 0) is 23.4 Å². The van der Waals surface area contributed by atoms with Gasteiger partial charge in [-0.3, -0.25) is 0 Å². The second kappa shape index (κ2) is 3.38. The van der Waals surface area contributed by atoms with E-state index in [0.29, 0.717) is 11.8 Å². The molecule has 2 atom stereocenters. The predicted molar refractivity (Wildman–Crippen MR) is 67.6 cm³/mol. The molecule has 0 heterocycles. The summed E-state index contributed by atoms with van der Waals surface area (Å²) in [5, 5.41) is 2.63. The van der Waals surface area contributed by atoms with Crippen molar-refractivity contribution in [3.63, 3.8) is 0 Å². The zero-order valence-electron chi connectivity index (χ0n) is 9.35. The predicted octanol–water partition coefficient (Wildman–Crippen LogP) is 1.30. The average Bonchev–Trinajstić information content (AvgIpc) is 2.32. The number of fused-ring (bicyclic) bond motifs is 2. The van der Waals surface area contributed by atoms with Crippen LogP contribution in [0.15, 0.2) is 47.7 Å². The maximum atomic E-state index is 6.07. The van der Waals surface area contributed by atoms with Crippen LogP contribution in [0, 0.1) is 11.8 Å². The van der Waals surface area contributed by atoms with Gasteiger partial charge in [-0.2, -0.15) is 0 Å². The summed E-state index contributed by atoms with van der Waals surface area (Å²) in [5.74, 6) is 0.791. The van der Waals surface area contributed by atoms with E-state index in [1.165, 1.54) is 16.0 Å². The van der Waals surface area contributed by atoms with Gasteiger partial charge in [-0.1, -0.05) is 48.1 Å². The van der Waals surface area contributed by atoms with Crippen LogP contribution >= 0.6 is 0 Å². The molecule has 0 fully saturated rings. The average molecular weight is 209 g/mol. The fourth-order valence-electron chi connectivity index (χ4n) is 2.58. The standard InChI is InChI=1S/C15H15N/c1-10-6-7-15(16)14-9-12-5-3-2-4-11(12)8-13(10)14/h2-9,13-14H,16H2,1H3. The van der Waals surface area contributed by atoms with Gasteiger partial charge >= 0.3 is 0 Å². The lowest BCUT2D eigenvalue weighted by atomic mass is 9.77. The first-order valence-electron chi connectivity index (χ1n) is 5.68. The minimum absolute atomic E-state index is 0.347. The van der Waals surface area contributed by atoms with Crippen LogP contribution in [0.3, 0.4) is 0 Å². The van der Waals surface area contributed by atoms with Crippen molar-refractivity contribution in [2.45, 2.75) is 6.92 Å². The molecule has 0 aliphatic heterocycles. The molecule has 80 valence electrons. The Morgan fingerprint density at radius 3 is 2.25 bits per heavy atom. The van der Waals surface area contributed by atoms with Gasteiger partial charge < -0.3 is 5.73 Å². The minimum atomic E-state index is 0.347. The van der Waals surface area contributed by atoms with Gasteiger partial charge in [0.25, 0.3) is 0 Å². The van der Waals surface area contributed by atoms with E-state index in [1.54, 1.807) is 0 Å². The fraction of sp³-hybridized carbons (Fsp3) is 0.200. The summed E-state index contributed by atoms with van der Waals surface area (Å²) in [6.07, 6.45) is 8.80. The van der Waals surface area contributed by atoms with Crippen LogP contribution in [-0.2, 0) is 0 Å². The highest BCUT2D eigenvalue weighted by molar-refractivity contribution is 5.53. The summed E-state index contributed by atoms with van der Waals surface area (Å²) in [4.78, 5) is 0. The molecule has 16 heavy (non-hydrogen) atoms. The smallest absolute Gasteiger partial charge is 0.0274 e. The Hall–Kier alpha value is -1.76. The number of rotatable bonds is 0. The van der Waals surface area contributed by atoms with Crippen molar-refractivity contribution in [1.29, 1.82) is 0 Å². The highest BCUT2D eigenvalue weighted by Crippen LogP contribution is 2.32. The Kier molecular flexibility index (Phi) is 2.00. The Bertz CT molecular complexity index is 550. The van der Waals surface area contributed by atoms with Crippen molar-refractivity contribution >= 4 is 12.2 Å². The highest BCUT2D eigenvalue weighted by Gasteiger charge is 2.25. The molecule has 0 bridgehead atoms. The molecule has 2 aliphatic carbocycles. The molecule has 1 nitrogen and oxygen atoms in total. The zero-order valence-corrected chi connectivity index (χ0v) is 9.35. The van der Waals surface area contributed by atoms with Crippen molar-refractivity contribution in [3.8, 4) is 0 Å². The molecule has 2 N–H and O–H groups in total. The van der Waals surface area contributed by atoms with Gasteiger partial charge in [0.2, 0.25) is 0 Å². The molecular formula is C15H15N. The van der Waals surface area contributed by atoms with Crippen LogP contribution in [-0.4, -0.2) is 0 Å². The number of hydrogen-bond acceptors (Lipinski definition) is 1.